The molecule has 1 atom stereocenters. The van der Waals surface area contributed by atoms with Gasteiger partial charge in [0.25, 0.3) is 0 Å². The van der Waals surface area contributed by atoms with Gasteiger partial charge in [-0.1, -0.05) is 0 Å². The van der Waals surface area contributed by atoms with E-state index < -0.39 is 6.04 Å². The lowest BCUT2D eigenvalue weighted by molar-refractivity contribution is -0.117. The maximum Gasteiger partial charge on any atom is 0.242 e. The fourth-order valence-electron chi connectivity index (χ4n) is 0.918. The number of terminal acetylenes is 1. The van der Waals surface area contributed by atoms with Crippen molar-refractivity contribution in [3.63, 3.8) is 0 Å². The van der Waals surface area contributed by atoms with Crippen molar-refractivity contribution in [3.8, 4) is 18.4 Å². The normalized spacial score (nSPS) is 11.1. The van der Waals surface area contributed by atoms with Crippen LogP contribution in [-0.2, 0) is 4.79 Å². The van der Waals surface area contributed by atoms with Crippen LogP contribution in [0.15, 0.2) is 11.4 Å². The predicted molar refractivity (Wildman–Crippen MR) is 59.1 cm³/mol. The zero-order valence-corrected chi connectivity index (χ0v) is 8.67. The zero-order valence-electron chi connectivity index (χ0n) is 7.86. The Labute approximate surface area is 91.7 Å². The first-order chi connectivity index (χ1) is 7.19. The number of carbonyl (C=O) groups is 1. The number of rotatable bonds is 3. The van der Waals surface area contributed by atoms with Gasteiger partial charge in [-0.25, -0.2) is 0 Å². The van der Waals surface area contributed by atoms with E-state index in [0.29, 0.717) is 10.6 Å². The quantitative estimate of drug-likeness (QED) is 0.741. The predicted octanol–water partition coefficient (Wildman–Crippen LogP) is 0.909. The first-order valence-electron chi connectivity index (χ1n) is 4.16. The average Bonchev–Trinajstić information content (AvgIpc) is 2.65. The first kappa shape index (κ1) is 11.3. The fourth-order valence-corrected chi connectivity index (χ4v) is 1.66. The molecule has 4 nitrogen and oxygen atoms in total. The van der Waals surface area contributed by atoms with Gasteiger partial charge in [0.1, 0.15) is 11.1 Å². The van der Waals surface area contributed by atoms with Crippen LogP contribution in [0.25, 0.3) is 0 Å². The van der Waals surface area contributed by atoms with Gasteiger partial charge in [0.15, 0.2) is 0 Å². The van der Waals surface area contributed by atoms with Crippen molar-refractivity contribution >= 4 is 22.2 Å². The highest BCUT2D eigenvalue weighted by molar-refractivity contribution is 7.14. The molecule has 0 aliphatic rings. The summed E-state index contributed by atoms with van der Waals surface area (Å²) in [6, 6.07) is 2.87. The van der Waals surface area contributed by atoms with Gasteiger partial charge in [0.05, 0.1) is 11.6 Å². The maximum absolute atomic E-state index is 11.4. The van der Waals surface area contributed by atoms with E-state index in [-0.39, 0.29) is 12.3 Å². The molecule has 3 N–H and O–H groups in total. The fraction of sp³-hybridized carbons (Fsp3) is 0.200. The highest BCUT2D eigenvalue weighted by Crippen LogP contribution is 2.22. The van der Waals surface area contributed by atoms with Crippen molar-refractivity contribution in [2.75, 3.05) is 5.32 Å². The molecule has 1 heterocycles. The number of carbonyl (C=O) groups excluding carboxylic acids is 1. The van der Waals surface area contributed by atoms with Crippen molar-refractivity contribution < 1.29 is 4.79 Å². The molecule has 0 aliphatic carbocycles. The molecule has 0 spiro atoms. The Hall–Kier alpha value is -1.82. The Balaban J connectivity index is 2.68. The smallest absolute Gasteiger partial charge is 0.242 e. The summed E-state index contributed by atoms with van der Waals surface area (Å²) in [6.07, 6.45) is 5.22. The van der Waals surface area contributed by atoms with Crippen molar-refractivity contribution in [2.45, 2.75) is 12.5 Å². The van der Waals surface area contributed by atoms with Crippen LogP contribution >= 0.6 is 11.3 Å². The minimum atomic E-state index is -0.733. The Bertz CT molecular complexity index is 438. The van der Waals surface area contributed by atoms with Crippen molar-refractivity contribution in [1.29, 1.82) is 5.26 Å². The zero-order chi connectivity index (χ0) is 11.3. The summed E-state index contributed by atoms with van der Waals surface area (Å²) in [5.41, 5.74) is 5.93. The second-order valence-electron chi connectivity index (χ2n) is 2.78. The molecule has 0 saturated carbocycles. The number of hydrogen-bond acceptors (Lipinski definition) is 4. The Morgan fingerprint density at radius 1 is 1.80 bits per heavy atom. The number of amides is 1. The Morgan fingerprint density at radius 3 is 3.13 bits per heavy atom. The van der Waals surface area contributed by atoms with Crippen molar-refractivity contribution in [3.05, 3.63) is 17.0 Å². The first-order valence-corrected chi connectivity index (χ1v) is 5.04. The van der Waals surface area contributed by atoms with Crippen LogP contribution in [0.3, 0.4) is 0 Å². The van der Waals surface area contributed by atoms with Gasteiger partial charge in [-0.15, -0.1) is 23.7 Å². The van der Waals surface area contributed by atoms with Gasteiger partial charge in [-0.05, 0) is 11.4 Å². The molecule has 0 aliphatic heterocycles. The van der Waals surface area contributed by atoms with E-state index in [1.165, 1.54) is 11.3 Å². The number of nitrogens with one attached hydrogen (secondary N) is 1. The molecule has 76 valence electrons. The highest BCUT2D eigenvalue weighted by Gasteiger charge is 2.14. The minimum absolute atomic E-state index is 0.180. The van der Waals surface area contributed by atoms with E-state index in [0.717, 1.165) is 0 Å². The summed E-state index contributed by atoms with van der Waals surface area (Å²) in [7, 11) is 0. The van der Waals surface area contributed by atoms with Crippen molar-refractivity contribution in [2.24, 2.45) is 5.73 Å². The average molecular weight is 219 g/mol. The third kappa shape index (κ3) is 2.81. The number of nitrogens with zero attached hydrogens (tertiary/aromatic N) is 1. The van der Waals surface area contributed by atoms with Gasteiger partial charge < -0.3 is 11.1 Å². The second-order valence-corrected chi connectivity index (χ2v) is 3.70. The third-order valence-electron chi connectivity index (χ3n) is 1.70. The molecule has 5 heteroatoms. The number of nitrogens with two attached hydrogens (primary N) is 1. The van der Waals surface area contributed by atoms with E-state index in [1.807, 2.05) is 6.07 Å². The minimum Gasteiger partial charge on any atom is -0.319 e. The largest absolute Gasteiger partial charge is 0.319 e. The van der Waals surface area contributed by atoms with E-state index in [9.17, 15) is 4.79 Å². The molecule has 0 aromatic carbocycles. The third-order valence-corrected chi connectivity index (χ3v) is 2.53. The highest BCUT2D eigenvalue weighted by atomic mass is 32.1. The molecule has 15 heavy (non-hydrogen) atoms. The molecular weight excluding hydrogens is 210 g/mol. The molecule has 0 bridgehead atoms. The summed E-state index contributed by atoms with van der Waals surface area (Å²) in [4.78, 5) is 11.4. The summed E-state index contributed by atoms with van der Waals surface area (Å²) < 4.78 is 0. The van der Waals surface area contributed by atoms with Gasteiger partial charge in [-0.2, -0.15) is 5.26 Å². The number of hydrogen-bond donors (Lipinski definition) is 2. The monoisotopic (exact) mass is 219 g/mol. The molecule has 0 radical (unpaired) electrons. The molecular formula is C10H9N3OS. The molecule has 1 aromatic rings. The van der Waals surface area contributed by atoms with Gasteiger partial charge >= 0.3 is 0 Å². The van der Waals surface area contributed by atoms with Crippen molar-refractivity contribution in [1.82, 2.24) is 0 Å². The topological polar surface area (TPSA) is 78.9 Å². The SMILES string of the molecule is C#CCC(N)C(=O)Nc1sccc1C#N. The maximum atomic E-state index is 11.4. The van der Waals surface area contributed by atoms with Crippen LogP contribution in [0.1, 0.15) is 12.0 Å². The van der Waals surface area contributed by atoms with Crippen LogP contribution in [0.5, 0.6) is 0 Å². The van der Waals surface area contributed by atoms with E-state index in [1.54, 1.807) is 11.4 Å². The van der Waals surface area contributed by atoms with E-state index >= 15 is 0 Å². The Morgan fingerprint density at radius 2 is 2.53 bits per heavy atom. The number of thiophene rings is 1. The van der Waals surface area contributed by atoms with Gasteiger partial charge in [0.2, 0.25) is 5.91 Å². The molecule has 1 unspecified atom stereocenters. The molecule has 0 saturated heterocycles. The summed E-state index contributed by atoms with van der Waals surface area (Å²) in [6.45, 7) is 0. The molecule has 1 rings (SSSR count). The van der Waals surface area contributed by atoms with E-state index in [4.69, 9.17) is 17.4 Å². The summed E-state index contributed by atoms with van der Waals surface area (Å²) >= 11 is 1.28. The van der Waals surface area contributed by atoms with Crippen LogP contribution in [0.2, 0.25) is 0 Å². The standard InChI is InChI=1S/C10H9N3OS/c1-2-3-8(12)9(14)13-10-7(6-11)4-5-15-10/h1,4-5,8H,3,12H2,(H,13,14). The van der Waals surface area contributed by atoms with Crippen LogP contribution in [-0.4, -0.2) is 11.9 Å². The lowest BCUT2D eigenvalue weighted by atomic mass is 10.2. The van der Waals surface area contributed by atoms with Crippen LogP contribution < -0.4 is 11.1 Å². The Kier molecular flexibility index (Phi) is 3.87. The molecule has 1 aromatic heterocycles. The van der Waals surface area contributed by atoms with Gasteiger partial charge in [-0.3, -0.25) is 4.79 Å². The van der Waals surface area contributed by atoms with E-state index in [2.05, 4.69) is 11.2 Å². The van der Waals surface area contributed by atoms with Gasteiger partial charge in [0, 0.05) is 6.42 Å². The molecule has 1 amide bonds. The number of nitriles is 1. The molecule has 0 fully saturated rings. The lowest BCUT2D eigenvalue weighted by Gasteiger charge is -2.07. The summed E-state index contributed by atoms with van der Waals surface area (Å²) in [5, 5.41) is 13.5. The lowest BCUT2D eigenvalue weighted by Crippen LogP contribution is -2.35. The van der Waals surface area contributed by atoms with Crippen LogP contribution in [0, 0.1) is 23.7 Å². The summed E-state index contributed by atoms with van der Waals surface area (Å²) in [5.74, 6) is 1.94. The second kappa shape index (κ2) is 5.16. The number of anilines is 1. The van der Waals surface area contributed by atoms with Crippen LogP contribution in [0.4, 0.5) is 5.00 Å².